The highest BCUT2D eigenvalue weighted by Crippen LogP contribution is 2.30. The van der Waals surface area contributed by atoms with Gasteiger partial charge in [0.05, 0.1) is 18.1 Å². The number of ether oxygens (including phenoxy) is 3. The summed E-state index contributed by atoms with van der Waals surface area (Å²) in [7, 11) is 1.32. The van der Waals surface area contributed by atoms with Gasteiger partial charge in [-0.2, -0.15) is 0 Å². The molecule has 104 valence electrons. The van der Waals surface area contributed by atoms with Gasteiger partial charge in [0, 0.05) is 12.1 Å². The summed E-state index contributed by atoms with van der Waals surface area (Å²) in [4.78, 5) is 21.4. The van der Waals surface area contributed by atoms with Gasteiger partial charge in [0.2, 0.25) is 5.75 Å². The lowest BCUT2D eigenvalue weighted by atomic mass is 10.3. The third-order valence-corrected chi connectivity index (χ3v) is 2.07. The van der Waals surface area contributed by atoms with Gasteiger partial charge in [-0.15, -0.1) is 0 Å². The van der Waals surface area contributed by atoms with E-state index in [4.69, 9.17) is 14.2 Å². The quantitative estimate of drug-likeness (QED) is 0.445. The van der Waals surface area contributed by atoms with Crippen molar-refractivity contribution in [1.29, 1.82) is 0 Å². The minimum Gasteiger partial charge on any atom is -0.490 e. The first kappa shape index (κ1) is 14.7. The average molecular weight is 269 g/mol. The number of rotatable bonds is 6. The Bertz CT molecular complexity index is 471. The zero-order valence-corrected chi connectivity index (χ0v) is 10.9. The molecule has 19 heavy (non-hydrogen) atoms. The molecule has 7 heteroatoms. The molecule has 0 unspecified atom stereocenters. The van der Waals surface area contributed by atoms with Gasteiger partial charge in [-0.1, -0.05) is 0 Å². The second-order valence-corrected chi connectivity index (χ2v) is 3.92. The van der Waals surface area contributed by atoms with Crippen LogP contribution in [0.25, 0.3) is 0 Å². The number of benzene rings is 1. The van der Waals surface area contributed by atoms with Crippen LogP contribution in [0.2, 0.25) is 0 Å². The van der Waals surface area contributed by atoms with Gasteiger partial charge >= 0.3 is 11.7 Å². The van der Waals surface area contributed by atoms with E-state index in [0.29, 0.717) is 5.75 Å². The molecule has 0 radical (unpaired) electrons. The molecular formula is C12H15NO6. The number of hydrogen-bond donors (Lipinski definition) is 0. The predicted octanol–water partition coefficient (Wildman–Crippen LogP) is 1.93. The van der Waals surface area contributed by atoms with Crippen molar-refractivity contribution >= 4 is 11.7 Å². The maximum atomic E-state index is 11.3. The Hall–Kier alpha value is -2.31. The van der Waals surface area contributed by atoms with Crippen LogP contribution in [0.1, 0.15) is 13.8 Å². The monoisotopic (exact) mass is 269 g/mol. The highest BCUT2D eigenvalue weighted by Gasteiger charge is 2.16. The molecule has 0 fully saturated rings. The fourth-order valence-electron chi connectivity index (χ4n) is 1.34. The van der Waals surface area contributed by atoms with Crippen molar-refractivity contribution in [2.45, 2.75) is 20.0 Å². The summed E-state index contributed by atoms with van der Waals surface area (Å²) >= 11 is 0. The number of nitro benzene ring substituents is 1. The van der Waals surface area contributed by atoms with Crippen LogP contribution in [0.3, 0.4) is 0 Å². The number of nitro groups is 1. The molecule has 0 saturated heterocycles. The number of methoxy groups -OCH3 is 1. The summed E-state index contributed by atoms with van der Waals surface area (Å²) in [5.74, 6) is -0.143. The second kappa shape index (κ2) is 6.58. The molecule has 0 heterocycles. The smallest absolute Gasteiger partial charge is 0.344 e. The van der Waals surface area contributed by atoms with E-state index >= 15 is 0 Å². The molecule has 0 aliphatic rings. The van der Waals surface area contributed by atoms with Crippen LogP contribution >= 0.6 is 0 Å². The molecule has 0 bridgehead atoms. The standard InChI is InChI=1S/C12H15NO6/c1-8(2)19-12(14)7-18-9-4-5-10(13(15)16)11(6-9)17-3/h4-6,8H,7H2,1-3H3. The lowest BCUT2D eigenvalue weighted by Crippen LogP contribution is -2.18. The van der Waals surface area contributed by atoms with Crippen LogP contribution in [0, 0.1) is 10.1 Å². The molecule has 1 aromatic carbocycles. The summed E-state index contributed by atoms with van der Waals surface area (Å²) in [6.45, 7) is 3.19. The predicted molar refractivity (Wildman–Crippen MR) is 66.4 cm³/mol. The molecule has 0 N–H and O–H groups in total. The molecule has 0 atom stereocenters. The van der Waals surface area contributed by atoms with Crippen LogP contribution in [-0.4, -0.2) is 30.7 Å². The summed E-state index contributed by atoms with van der Waals surface area (Å²) in [5, 5.41) is 10.7. The topological polar surface area (TPSA) is 87.9 Å². The summed E-state index contributed by atoms with van der Waals surface area (Å²) in [6.07, 6.45) is -0.220. The van der Waals surface area contributed by atoms with Crippen LogP contribution in [-0.2, 0) is 9.53 Å². The maximum Gasteiger partial charge on any atom is 0.344 e. The van der Waals surface area contributed by atoms with E-state index in [2.05, 4.69) is 0 Å². The van der Waals surface area contributed by atoms with Gasteiger partial charge in [0.25, 0.3) is 0 Å². The third-order valence-electron chi connectivity index (χ3n) is 2.07. The van der Waals surface area contributed by atoms with Crippen LogP contribution in [0.4, 0.5) is 5.69 Å². The van der Waals surface area contributed by atoms with Gasteiger partial charge in [-0.25, -0.2) is 4.79 Å². The number of esters is 1. The van der Waals surface area contributed by atoms with Gasteiger partial charge in [0.15, 0.2) is 6.61 Å². The Balaban J connectivity index is 2.70. The molecule has 0 aromatic heterocycles. The van der Waals surface area contributed by atoms with Crippen LogP contribution in [0.5, 0.6) is 11.5 Å². The Labute approximate surface area is 110 Å². The van der Waals surface area contributed by atoms with Crippen molar-refractivity contribution in [2.75, 3.05) is 13.7 Å². The van der Waals surface area contributed by atoms with Crippen LogP contribution < -0.4 is 9.47 Å². The van der Waals surface area contributed by atoms with Crippen molar-refractivity contribution in [3.05, 3.63) is 28.3 Å². The molecule has 0 amide bonds. The number of nitrogens with zero attached hydrogens (tertiary/aromatic N) is 1. The third kappa shape index (κ3) is 4.46. The van der Waals surface area contributed by atoms with Crippen molar-refractivity contribution in [1.82, 2.24) is 0 Å². The highest BCUT2D eigenvalue weighted by atomic mass is 16.6. The minimum absolute atomic E-state index is 0.0692. The summed E-state index contributed by atoms with van der Waals surface area (Å²) < 4.78 is 14.9. The summed E-state index contributed by atoms with van der Waals surface area (Å²) in [6, 6.07) is 3.99. The van der Waals surface area contributed by atoms with Crippen molar-refractivity contribution in [2.24, 2.45) is 0 Å². The average Bonchev–Trinajstić information content (AvgIpc) is 2.34. The van der Waals surface area contributed by atoms with Crippen molar-refractivity contribution in [3.8, 4) is 11.5 Å². The van der Waals surface area contributed by atoms with Gasteiger partial charge < -0.3 is 14.2 Å². The van der Waals surface area contributed by atoms with E-state index in [9.17, 15) is 14.9 Å². The maximum absolute atomic E-state index is 11.3. The second-order valence-electron chi connectivity index (χ2n) is 3.92. The molecule has 1 rings (SSSR count). The van der Waals surface area contributed by atoms with Gasteiger partial charge in [-0.05, 0) is 19.9 Å². The van der Waals surface area contributed by atoms with E-state index in [0.717, 1.165) is 0 Å². The minimum atomic E-state index is -0.560. The summed E-state index contributed by atoms with van der Waals surface area (Å²) in [5.41, 5.74) is -0.167. The van der Waals surface area contributed by atoms with E-state index in [-0.39, 0.29) is 24.1 Å². The van der Waals surface area contributed by atoms with Gasteiger partial charge in [0.1, 0.15) is 5.75 Å². The molecule has 0 aliphatic heterocycles. The number of carbonyl (C=O) groups excluding carboxylic acids is 1. The largest absolute Gasteiger partial charge is 0.490 e. The van der Waals surface area contributed by atoms with Crippen molar-refractivity contribution < 1.29 is 23.9 Å². The Morgan fingerprint density at radius 3 is 2.63 bits per heavy atom. The molecule has 1 aromatic rings. The molecular weight excluding hydrogens is 254 g/mol. The fraction of sp³-hybridized carbons (Fsp3) is 0.417. The molecule has 0 spiro atoms. The van der Waals surface area contributed by atoms with E-state index < -0.39 is 10.9 Å². The molecule has 0 saturated carbocycles. The lowest BCUT2D eigenvalue weighted by molar-refractivity contribution is -0.385. The Morgan fingerprint density at radius 1 is 1.42 bits per heavy atom. The Kier molecular flexibility index (Phi) is 5.11. The Morgan fingerprint density at radius 2 is 2.11 bits per heavy atom. The van der Waals surface area contributed by atoms with Crippen LogP contribution in [0.15, 0.2) is 18.2 Å². The highest BCUT2D eigenvalue weighted by molar-refractivity contribution is 5.71. The zero-order valence-electron chi connectivity index (χ0n) is 10.9. The fourth-order valence-corrected chi connectivity index (χ4v) is 1.34. The number of carbonyl (C=O) groups is 1. The molecule has 0 aliphatic carbocycles. The van der Waals surface area contributed by atoms with Crippen molar-refractivity contribution in [3.63, 3.8) is 0 Å². The molecule has 7 nitrogen and oxygen atoms in total. The normalized spacial score (nSPS) is 10.1. The number of hydrogen-bond acceptors (Lipinski definition) is 6. The van der Waals surface area contributed by atoms with E-state index in [1.165, 1.54) is 25.3 Å². The van der Waals surface area contributed by atoms with E-state index in [1.807, 2.05) is 0 Å². The lowest BCUT2D eigenvalue weighted by Gasteiger charge is -2.10. The first-order valence-electron chi connectivity index (χ1n) is 5.58. The van der Waals surface area contributed by atoms with E-state index in [1.54, 1.807) is 13.8 Å². The first-order valence-corrected chi connectivity index (χ1v) is 5.58. The first-order chi connectivity index (χ1) is 8.93. The van der Waals surface area contributed by atoms with Gasteiger partial charge in [-0.3, -0.25) is 10.1 Å². The zero-order chi connectivity index (χ0) is 14.4. The SMILES string of the molecule is COc1cc(OCC(=O)OC(C)C)ccc1[N+](=O)[O-].